The summed E-state index contributed by atoms with van der Waals surface area (Å²) in [7, 11) is -3.71. The molecule has 4 rings (SSSR count). The third kappa shape index (κ3) is 5.11. The highest BCUT2D eigenvalue weighted by atomic mass is 32.2. The fraction of sp³-hybridized carbons (Fsp3) is 0.571. The highest BCUT2D eigenvalue weighted by Crippen LogP contribution is 2.29. The van der Waals surface area contributed by atoms with Gasteiger partial charge in [-0.25, -0.2) is 8.42 Å². The Labute approximate surface area is 192 Å². The van der Waals surface area contributed by atoms with Crippen molar-refractivity contribution in [1.29, 1.82) is 0 Å². The molecule has 2 aliphatic rings. The van der Waals surface area contributed by atoms with Crippen LogP contribution in [0.3, 0.4) is 0 Å². The van der Waals surface area contributed by atoms with Gasteiger partial charge in [-0.15, -0.1) is 10.2 Å². The van der Waals surface area contributed by atoms with Gasteiger partial charge < -0.3 is 9.64 Å². The zero-order valence-electron chi connectivity index (χ0n) is 18.2. The maximum absolute atomic E-state index is 13.3. The first-order chi connectivity index (χ1) is 15.5. The van der Waals surface area contributed by atoms with Crippen molar-refractivity contribution in [3.8, 4) is 0 Å². The van der Waals surface area contributed by atoms with Crippen LogP contribution in [-0.4, -0.2) is 68.2 Å². The fourth-order valence-electron chi connectivity index (χ4n) is 3.99. The summed E-state index contributed by atoms with van der Waals surface area (Å²) in [6.07, 6.45) is 5.01. The highest BCUT2D eigenvalue weighted by molar-refractivity contribution is 7.89. The van der Waals surface area contributed by atoms with E-state index in [0.717, 1.165) is 55.9 Å². The number of nitrogens with zero attached hydrogens (tertiary/aromatic N) is 4. The second kappa shape index (κ2) is 10.2. The number of aromatic nitrogens is 2. The molecule has 32 heavy (non-hydrogen) atoms. The number of carbonyl (C=O) groups excluding carboxylic acids is 1. The van der Waals surface area contributed by atoms with Crippen molar-refractivity contribution in [1.82, 2.24) is 14.5 Å². The van der Waals surface area contributed by atoms with Crippen molar-refractivity contribution >= 4 is 38.1 Å². The van der Waals surface area contributed by atoms with Crippen LogP contribution in [0.2, 0.25) is 0 Å². The first-order valence-electron chi connectivity index (χ1n) is 11.1. The number of hydrogen-bond donors (Lipinski definition) is 1. The molecular formula is C21H29N5O4S2. The largest absolute Gasteiger partial charge is 0.379 e. The monoisotopic (exact) mass is 479 g/mol. The predicted molar refractivity (Wildman–Crippen MR) is 124 cm³/mol. The molecule has 2 aliphatic heterocycles. The SMILES string of the molecule is CCCc1nnc(NC(=O)c2cc(S(=O)(=O)N3CCOCC3)ccc2N2CCCCC2)s1. The molecule has 174 valence electrons. The van der Waals surface area contributed by atoms with E-state index in [2.05, 4.69) is 27.3 Å². The zero-order valence-corrected chi connectivity index (χ0v) is 19.9. The summed E-state index contributed by atoms with van der Waals surface area (Å²) in [6, 6.07) is 4.87. The van der Waals surface area contributed by atoms with E-state index in [4.69, 9.17) is 4.74 Å². The maximum Gasteiger partial charge on any atom is 0.259 e. The number of carbonyl (C=O) groups is 1. The molecule has 0 atom stereocenters. The third-order valence-corrected chi connectivity index (χ3v) is 8.46. The lowest BCUT2D eigenvalue weighted by molar-refractivity contribution is 0.0730. The molecule has 0 spiro atoms. The number of ether oxygens (including phenoxy) is 1. The van der Waals surface area contributed by atoms with E-state index in [1.54, 1.807) is 12.1 Å². The topological polar surface area (TPSA) is 105 Å². The number of aryl methyl sites for hydroxylation is 1. The van der Waals surface area contributed by atoms with E-state index in [0.29, 0.717) is 37.0 Å². The summed E-state index contributed by atoms with van der Waals surface area (Å²) in [5.74, 6) is -0.371. The van der Waals surface area contributed by atoms with Crippen LogP contribution in [0.25, 0.3) is 0 Å². The maximum atomic E-state index is 13.3. The van der Waals surface area contributed by atoms with E-state index in [9.17, 15) is 13.2 Å². The summed E-state index contributed by atoms with van der Waals surface area (Å²) in [5, 5.41) is 12.3. The second-order valence-electron chi connectivity index (χ2n) is 7.95. The van der Waals surface area contributed by atoms with Gasteiger partial charge in [-0.05, 0) is 43.9 Å². The summed E-state index contributed by atoms with van der Waals surface area (Å²) < 4.78 is 33.1. The van der Waals surface area contributed by atoms with Gasteiger partial charge in [-0.3, -0.25) is 10.1 Å². The van der Waals surface area contributed by atoms with Crippen LogP contribution in [0.1, 0.15) is 48.0 Å². The highest BCUT2D eigenvalue weighted by Gasteiger charge is 2.29. The Morgan fingerprint density at radius 2 is 1.88 bits per heavy atom. The first-order valence-corrected chi connectivity index (χ1v) is 13.4. The minimum atomic E-state index is -3.71. The molecule has 0 radical (unpaired) electrons. The van der Waals surface area contributed by atoms with Crippen LogP contribution in [0.15, 0.2) is 23.1 Å². The van der Waals surface area contributed by atoms with Gasteiger partial charge in [-0.1, -0.05) is 18.3 Å². The van der Waals surface area contributed by atoms with Crippen molar-refractivity contribution in [2.75, 3.05) is 49.6 Å². The van der Waals surface area contributed by atoms with Crippen molar-refractivity contribution in [3.05, 3.63) is 28.8 Å². The molecule has 0 saturated carbocycles. The summed E-state index contributed by atoms with van der Waals surface area (Å²) in [4.78, 5) is 15.6. The molecule has 0 aliphatic carbocycles. The van der Waals surface area contributed by atoms with E-state index >= 15 is 0 Å². The second-order valence-corrected chi connectivity index (χ2v) is 10.9. The third-order valence-electron chi connectivity index (χ3n) is 5.67. The van der Waals surface area contributed by atoms with Gasteiger partial charge in [0, 0.05) is 38.3 Å². The number of nitrogens with one attached hydrogen (secondary N) is 1. The van der Waals surface area contributed by atoms with Gasteiger partial charge in [0.25, 0.3) is 5.91 Å². The van der Waals surface area contributed by atoms with Crippen molar-refractivity contribution in [2.24, 2.45) is 0 Å². The standard InChI is InChI=1S/C21H29N5O4S2/c1-2-6-19-23-24-21(31-19)22-20(27)17-15-16(32(28,29)26-11-13-30-14-12-26)7-8-18(17)25-9-4-3-5-10-25/h7-8,15H,2-6,9-14H2,1H3,(H,22,24,27). The minimum absolute atomic E-state index is 0.120. The molecule has 2 saturated heterocycles. The molecule has 1 aromatic heterocycles. The number of rotatable bonds is 7. The van der Waals surface area contributed by atoms with E-state index < -0.39 is 10.0 Å². The van der Waals surface area contributed by atoms with E-state index in [-0.39, 0.29) is 10.8 Å². The Bertz CT molecular complexity index is 1040. The molecule has 1 aromatic carbocycles. The molecule has 0 bridgehead atoms. The quantitative estimate of drug-likeness (QED) is 0.651. The van der Waals surface area contributed by atoms with Crippen LogP contribution in [0, 0.1) is 0 Å². The Balaban J connectivity index is 1.66. The van der Waals surface area contributed by atoms with Gasteiger partial charge >= 0.3 is 0 Å². The van der Waals surface area contributed by atoms with E-state index in [1.165, 1.54) is 21.7 Å². The number of amides is 1. The number of hydrogen-bond acceptors (Lipinski definition) is 8. The molecule has 11 heteroatoms. The molecule has 0 unspecified atom stereocenters. The smallest absolute Gasteiger partial charge is 0.259 e. The number of anilines is 2. The van der Waals surface area contributed by atoms with Crippen molar-refractivity contribution in [3.63, 3.8) is 0 Å². The average molecular weight is 480 g/mol. The number of morpholine rings is 1. The van der Waals surface area contributed by atoms with Gasteiger partial charge in [0.05, 0.1) is 23.7 Å². The number of piperidine rings is 1. The predicted octanol–water partition coefficient (Wildman–Crippen LogP) is 2.75. The Morgan fingerprint density at radius 1 is 1.12 bits per heavy atom. The lowest BCUT2D eigenvalue weighted by Crippen LogP contribution is -2.40. The molecule has 3 heterocycles. The molecular weight excluding hydrogens is 450 g/mol. The number of benzene rings is 1. The lowest BCUT2D eigenvalue weighted by atomic mass is 10.1. The Kier molecular flexibility index (Phi) is 7.39. The first kappa shape index (κ1) is 23.1. The summed E-state index contributed by atoms with van der Waals surface area (Å²) >= 11 is 1.35. The van der Waals surface area contributed by atoms with Crippen LogP contribution in [-0.2, 0) is 21.2 Å². The van der Waals surface area contributed by atoms with Gasteiger partial charge in [-0.2, -0.15) is 4.31 Å². The number of sulfonamides is 1. The molecule has 1 N–H and O–H groups in total. The minimum Gasteiger partial charge on any atom is -0.379 e. The van der Waals surface area contributed by atoms with Gasteiger partial charge in [0.15, 0.2) is 0 Å². The lowest BCUT2D eigenvalue weighted by Gasteiger charge is -2.31. The molecule has 2 fully saturated rings. The normalized spacial score (nSPS) is 18.0. The van der Waals surface area contributed by atoms with Gasteiger partial charge in [0.1, 0.15) is 5.01 Å². The van der Waals surface area contributed by atoms with Crippen molar-refractivity contribution in [2.45, 2.75) is 43.9 Å². The summed E-state index contributed by atoms with van der Waals surface area (Å²) in [6.45, 7) is 5.10. The average Bonchev–Trinajstić information content (AvgIpc) is 3.26. The van der Waals surface area contributed by atoms with Crippen LogP contribution in [0.4, 0.5) is 10.8 Å². The Hall–Kier alpha value is -2.08. The van der Waals surface area contributed by atoms with Crippen LogP contribution >= 0.6 is 11.3 Å². The van der Waals surface area contributed by atoms with Crippen molar-refractivity contribution < 1.29 is 17.9 Å². The van der Waals surface area contributed by atoms with Gasteiger partial charge in [0.2, 0.25) is 15.2 Å². The summed E-state index contributed by atoms with van der Waals surface area (Å²) in [5.41, 5.74) is 1.09. The zero-order chi connectivity index (χ0) is 22.6. The molecule has 9 nitrogen and oxygen atoms in total. The van der Waals surface area contributed by atoms with Crippen LogP contribution < -0.4 is 10.2 Å². The fourth-order valence-corrected chi connectivity index (χ4v) is 6.26. The van der Waals surface area contributed by atoms with Crippen LogP contribution in [0.5, 0.6) is 0 Å². The molecule has 1 amide bonds. The Morgan fingerprint density at radius 3 is 2.59 bits per heavy atom. The molecule has 2 aromatic rings. The van der Waals surface area contributed by atoms with E-state index in [1.807, 2.05) is 0 Å².